The number of aliphatic hydroxyl groups is 1. The fourth-order valence-corrected chi connectivity index (χ4v) is 14.1. The Labute approximate surface area is 631 Å². The molecule has 0 saturated heterocycles. The summed E-state index contributed by atoms with van der Waals surface area (Å²) in [5.41, 5.74) is 0. The summed E-state index contributed by atoms with van der Waals surface area (Å²) in [6, 6.07) is 0. The van der Waals surface area contributed by atoms with E-state index in [1.54, 1.807) is 0 Å². The third-order valence-corrected chi connectivity index (χ3v) is 20.9. The highest BCUT2D eigenvalue weighted by Gasteiger charge is 2.30. The van der Waals surface area contributed by atoms with Crippen LogP contribution in [0, 0.1) is 17.8 Å². The Bertz CT molecular complexity index is 2090. The molecule has 0 aromatic rings. The van der Waals surface area contributed by atoms with Gasteiger partial charge in [-0.1, -0.05) is 362 Å². The lowest BCUT2D eigenvalue weighted by Crippen LogP contribution is -2.30. The molecule has 0 amide bonds. The van der Waals surface area contributed by atoms with Crippen LogP contribution in [0.5, 0.6) is 0 Å². The molecule has 0 aromatic heterocycles. The molecular weight excluding hydrogens is 1340 g/mol. The molecule has 0 fully saturated rings. The van der Waals surface area contributed by atoms with E-state index in [-0.39, 0.29) is 25.7 Å². The van der Waals surface area contributed by atoms with Crippen LogP contribution in [0.2, 0.25) is 0 Å². The molecule has 0 spiro atoms. The number of aliphatic hydroxyl groups excluding tert-OH is 1. The highest BCUT2D eigenvalue weighted by molar-refractivity contribution is 7.47. The summed E-state index contributed by atoms with van der Waals surface area (Å²) in [5.74, 6) is 0.160. The number of hydrogen-bond acceptors (Lipinski definition) is 15. The van der Waals surface area contributed by atoms with Crippen LogP contribution in [0.25, 0.3) is 0 Å². The summed E-state index contributed by atoms with van der Waals surface area (Å²) >= 11 is 0. The Balaban J connectivity index is 5.24. The second kappa shape index (κ2) is 73.7. The quantitative estimate of drug-likeness (QED) is 0.0169. The minimum Gasteiger partial charge on any atom is -0.462 e. The standard InChI is InChI=1S/C84H160O17P2/c1-8-9-10-11-12-13-14-15-21-29-34-39-44-53-60-68-84(89)101-80(72-95-82(87)66-59-52-47-46-50-57-64-77(6)7)74-99-103(92,93)97-70-78(85)69-96-102(90,91)98-73-79(71-94-81(86)65-58-51-43-38-33-28-25-20-23-27-32-37-42-49-56-63-76(4)5)100-83(88)67-61-54-45-40-35-30-24-19-17-16-18-22-26-31-36-41-48-55-62-75(2)3/h13-15,21,75-80,85H,8-12,16-20,22-74H2,1-7H3,(H,90,91)(H,92,93)/b14-13-,21-15-/t78-,79-,80-/m1/s1. The second-order valence-electron chi connectivity index (χ2n) is 31.0. The summed E-state index contributed by atoms with van der Waals surface area (Å²) in [5, 5.41) is 10.6. The van der Waals surface area contributed by atoms with E-state index in [4.69, 9.17) is 37.0 Å². The van der Waals surface area contributed by atoms with E-state index >= 15 is 0 Å². The van der Waals surface area contributed by atoms with Crippen LogP contribution in [0.3, 0.4) is 0 Å². The normalized spacial score (nSPS) is 14.1. The number of hydrogen-bond donors (Lipinski definition) is 3. The monoisotopic (exact) mass is 1500 g/mol. The van der Waals surface area contributed by atoms with Crippen LogP contribution in [-0.2, 0) is 65.4 Å². The molecule has 0 saturated carbocycles. The number of esters is 4. The smallest absolute Gasteiger partial charge is 0.462 e. The van der Waals surface area contributed by atoms with Crippen LogP contribution in [0.15, 0.2) is 24.3 Å². The fraction of sp³-hybridized carbons (Fsp3) is 0.905. The van der Waals surface area contributed by atoms with Gasteiger partial charge >= 0.3 is 39.5 Å². The van der Waals surface area contributed by atoms with Crippen molar-refractivity contribution in [3.8, 4) is 0 Å². The van der Waals surface area contributed by atoms with Gasteiger partial charge in [0.05, 0.1) is 26.4 Å². The molecule has 2 unspecified atom stereocenters. The highest BCUT2D eigenvalue weighted by atomic mass is 31.2. The third kappa shape index (κ3) is 77.5. The van der Waals surface area contributed by atoms with E-state index in [0.717, 1.165) is 121 Å². The van der Waals surface area contributed by atoms with Crippen LogP contribution < -0.4 is 0 Å². The van der Waals surface area contributed by atoms with Gasteiger partial charge in [-0.3, -0.25) is 37.3 Å². The number of rotatable bonds is 80. The van der Waals surface area contributed by atoms with Crippen LogP contribution in [0.1, 0.15) is 414 Å². The van der Waals surface area contributed by atoms with Gasteiger partial charge in [0.2, 0.25) is 0 Å². The van der Waals surface area contributed by atoms with E-state index in [9.17, 15) is 43.2 Å². The van der Waals surface area contributed by atoms with E-state index in [2.05, 4.69) is 72.8 Å². The van der Waals surface area contributed by atoms with Crippen molar-refractivity contribution in [2.24, 2.45) is 17.8 Å². The maximum atomic E-state index is 13.1. The molecule has 608 valence electrons. The maximum absolute atomic E-state index is 13.1. The zero-order valence-corrected chi connectivity index (χ0v) is 69.1. The van der Waals surface area contributed by atoms with Crippen molar-refractivity contribution in [3.63, 3.8) is 0 Å². The Morgan fingerprint density at radius 2 is 0.524 bits per heavy atom. The topological polar surface area (TPSA) is 237 Å². The maximum Gasteiger partial charge on any atom is 0.472 e. The van der Waals surface area contributed by atoms with E-state index in [1.807, 2.05) is 0 Å². The Hall–Kier alpha value is -2.46. The first-order valence-corrected chi connectivity index (χ1v) is 45.7. The van der Waals surface area contributed by atoms with Gasteiger partial charge in [0, 0.05) is 25.7 Å². The van der Waals surface area contributed by atoms with E-state index in [0.29, 0.717) is 31.6 Å². The van der Waals surface area contributed by atoms with Crippen molar-refractivity contribution in [2.45, 2.75) is 433 Å². The summed E-state index contributed by atoms with van der Waals surface area (Å²) < 4.78 is 68.7. The Morgan fingerprint density at radius 1 is 0.301 bits per heavy atom. The SMILES string of the molecule is CCCCCC/C=C\C=C/CCCCCCCC(=O)O[C@H](COC(=O)CCCCCCCCC(C)C)COP(=O)(O)OC[C@H](O)COP(=O)(O)OC[C@@H](COC(=O)CCCCCCCCCCCCCCCCCC(C)C)OC(=O)CCCCCCCCCCCCCCCCCCCCC(C)C. The first-order chi connectivity index (χ1) is 49.7. The van der Waals surface area contributed by atoms with Crippen LogP contribution in [0.4, 0.5) is 0 Å². The lowest BCUT2D eigenvalue weighted by molar-refractivity contribution is -0.161. The largest absolute Gasteiger partial charge is 0.472 e. The van der Waals surface area contributed by atoms with Crippen molar-refractivity contribution < 1.29 is 80.2 Å². The molecule has 0 aliphatic carbocycles. The summed E-state index contributed by atoms with van der Waals surface area (Å²) in [6.07, 6.45) is 66.3. The summed E-state index contributed by atoms with van der Waals surface area (Å²) in [4.78, 5) is 73.0. The van der Waals surface area contributed by atoms with Gasteiger partial charge in [0.15, 0.2) is 12.2 Å². The van der Waals surface area contributed by atoms with Crippen molar-refractivity contribution in [2.75, 3.05) is 39.6 Å². The zero-order chi connectivity index (χ0) is 75.8. The van der Waals surface area contributed by atoms with Crippen LogP contribution >= 0.6 is 15.6 Å². The van der Waals surface area contributed by atoms with Gasteiger partial charge in [-0.25, -0.2) is 9.13 Å². The molecule has 0 heterocycles. The summed E-state index contributed by atoms with van der Waals surface area (Å²) in [7, 11) is -9.94. The lowest BCUT2D eigenvalue weighted by atomic mass is 10.0. The number of carbonyl (C=O) groups is 4. The minimum atomic E-state index is -4.97. The highest BCUT2D eigenvalue weighted by Crippen LogP contribution is 2.45. The molecular formula is C84H160O17P2. The first kappa shape index (κ1) is 101. The molecule has 3 N–H and O–H groups in total. The zero-order valence-electron chi connectivity index (χ0n) is 67.3. The molecule has 0 aliphatic rings. The van der Waals surface area contributed by atoms with Gasteiger partial charge in [0.25, 0.3) is 0 Å². The van der Waals surface area contributed by atoms with Gasteiger partial charge in [-0.2, -0.15) is 0 Å². The van der Waals surface area contributed by atoms with Crippen LogP contribution in [-0.4, -0.2) is 96.7 Å². The average Bonchev–Trinajstić information content (AvgIpc) is 0.916. The van der Waals surface area contributed by atoms with E-state index < -0.39 is 97.5 Å². The average molecular weight is 1500 g/mol. The number of carbonyl (C=O) groups excluding carboxylic acids is 4. The number of phosphoric ester groups is 2. The molecule has 0 aromatic carbocycles. The van der Waals surface area contributed by atoms with Crippen molar-refractivity contribution in [1.29, 1.82) is 0 Å². The Kier molecular flexibility index (Phi) is 71.9. The predicted octanol–water partition coefficient (Wildman–Crippen LogP) is 24.9. The summed E-state index contributed by atoms with van der Waals surface area (Å²) in [6.45, 7) is 11.9. The number of unbranched alkanes of at least 4 members (excludes halogenated alkanes) is 45. The molecule has 0 aliphatic heterocycles. The molecule has 0 bridgehead atoms. The molecule has 17 nitrogen and oxygen atoms in total. The molecule has 103 heavy (non-hydrogen) atoms. The third-order valence-electron chi connectivity index (χ3n) is 19.0. The predicted molar refractivity (Wildman–Crippen MR) is 423 cm³/mol. The lowest BCUT2D eigenvalue weighted by Gasteiger charge is -2.21. The number of ether oxygens (including phenoxy) is 4. The fourth-order valence-electron chi connectivity index (χ4n) is 12.5. The van der Waals surface area contributed by atoms with Crippen molar-refractivity contribution in [1.82, 2.24) is 0 Å². The molecule has 5 atom stereocenters. The van der Waals surface area contributed by atoms with Gasteiger partial charge in [0.1, 0.15) is 19.3 Å². The number of allylic oxidation sites excluding steroid dienone is 4. The number of phosphoric acid groups is 2. The minimum absolute atomic E-state index is 0.0840. The second-order valence-corrected chi connectivity index (χ2v) is 33.9. The van der Waals surface area contributed by atoms with Crippen molar-refractivity contribution in [3.05, 3.63) is 24.3 Å². The molecule has 19 heteroatoms. The van der Waals surface area contributed by atoms with Gasteiger partial charge in [-0.05, 0) is 69.1 Å². The molecule has 0 rings (SSSR count). The van der Waals surface area contributed by atoms with E-state index in [1.165, 1.54) is 205 Å². The van der Waals surface area contributed by atoms with Crippen molar-refractivity contribution >= 4 is 39.5 Å². The molecule has 0 radical (unpaired) electrons. The Morgan fingerprint density at radius 3 is 0.786 bits per heavy atom. The first-order valence-electron chi connectivity index (χ1n) is 42.7. The van der Waals surface area contributed by atoms with Gasteiger partial charge < -0.3 is 33.8 Å². The van der Waals surface area contributed by atoms with Gasteiger partial charge in [-0.15, -0.1) is 0 Å².